The number of nitrogens with one attached hydrogen (secondary N) is 1. The topological polar surface area (TPSA) is 81.0 Å². The largest absolute Gasteiger partial charge is 0.497 e. The summed E-state index contributed by atoms with van der Waals surface area (Å²) < 4.78 is 18.0. The van der Waals surface area contributed by atoms with Gasteiger partial charge in [-0.1, -0.05) is 51.2 Å². The summed E-state index contributed by atoms with van der Waals surface area (Å²) in [5.74, 6) is 4.44. The Labute approximate surface area is 258 Å². The highest BCUT2D eigenvalue weighted by molar-refractivity contribution is 8.26. The van der Waals surface area contributed by atoms with E-state index in [0.717, 1.165) is 36.3 Å². The molecule has 0 spiro atoms. The lowest BCUT2D eigenvalue weighted by atomic mass is 9.94. The molecular weight excluding hydrogens is 569 g/mol. The highest BCUT2D eigenvalue weighted by atomic mass is 32.2. The molecule has 1 aromatic heterocycles. The van der Waals surface area contributed by atoms with Crippen LogP contribution in [0.15, 0.2) is 33.6 Å². The quantitative estimate of drug-likeness (QED) is 0.156. The number of amides is 2. The van der Waals surface area contributed by atoms with Gasteiger partial charge in [-0.05, 0) is 80.0 Å². The summed E-state index contributed by atoms with van der Waals surface area (Å²) in [6, 6.07) is 7.86. The number of furan rings is 1. The molecule has 2 bridgehead atoms. The number of nitrogens with zero attached hydrogens (tertiary/aromatic N) is 1. The number of fused-ring (bicyclic) bond motifs is 2. The second kappa shape index (κ2) is 13.2. The smallest absolute Gasteiger partial charge is 0.266 e. The summed E-state index contributed by atoms with van der Waals surface area (Å²) in [6.07, 6.45) is 8.88. The number of hydrogen-bond acceptors (Lipinski definition) is 7. The van der Waals surface area contributed by atoms with Crippen LogP contribution in [0.25, 0.3) is 17.4 Å². The number of hydrogen-bond donors (Lipinski definition) is 1. The predicted octanol–water partition coefficient (Wildman–Crippen LogP) is 7.08. The van der Waals surface area contributed by atoms with Crippen molar-refractivity contribution < 1.29 is 23.5 Å². The molecule has 2 saturated carbocycles. The molecule has 4 unspecified atom stereocenters. The van der Waals surface area contributed by atoms with E-state index in [9.17, 15) is 9.59 Å². The van der Waals surface area contributed by atoms with Gasteiger partial charge in [0.15, 0.2) is 0 Å². The van der Waals surface area contributed by atoms with Gasteiger partial charge in [-0.15, -0.1) is 0 Å². The number of methoxy groups -OCH3 is 2. The molecule has 0 radical (unpaired) electrons. The first-order valence-electron chi connectivity index (χ1n) is 15.1. The molecule has 2 amide bonds. The zero-order valence-electron chi connectivity index (χ0n) is 25.2. The van der Waals surface area contributed by atoms with Crippen molar-refractivity contribution in [2.45, 2.75) is 71.8 Å². The zero-order valence-corrected chi connectivity index (χ0v) is 26.9. The van der Waals surface area contributed by atoms with Gasteiger partial charge in [-0.2, -0.15) is 0 Å². The summed E-state index contributed by atoms with van der Waals surface area (Å²) in [5.41, 5.74) is 1.79. The van der Waals surface area contributed by atoms with Crippen molar-refractivity contribution >= 4 is 46.2 Å². The van der Waals surface area contributed by atoms with Crippen LogP contribution >= 0.6 is 24.0 Å². The van der Waals surface area contributed by atoms with Gasteiger partial charge in [0.1, 0.15) is 27.3 Å². The number of carbonyl (C=O) groups is 2. The molecular formula is C33H42N2O5S2. The fraction of sp³-hybridized carbons (Fsp3) is 0.545. The van der Waals surface area contributed by atoms with E-state index in [1.807, 2.05) is 42.2 Å². The molecule has 1 aromatic carbocycles. The Morgan fingerprint density at radius 1 is 1.14 bits per heavy atom. The van der Waals surface area contributed by atoms with E-state index in [2.05, 4.69) is 19.2 Å². The number of ether oxygens (including phenoxy) is 2. The molecule has 2 aromatic rings. The molecule has 5 rings (SSSR count). The lowest BCUT2D eigenvalue weighted by Gasteiger charge is -2.30. The summed E-state index contributed by atoms with van der Waals surface area (Å²) in [5, 5.41) is 3.08. The van der Waals surface area contributed by atoms with E-state index in [-0.39, 0.29) is 23.8 Å². The third-order valence-electron chi connectivity index (χ3n) is 8.79. The van der Waals surface area contributed by atoms with Crippen molar-refractivity contribution in [1.82, 2.24) is 10.2 Å². The van der Waals surface area contributed by atoms with E-state index in [1.54, 1.807) is 14.2 Å². The maximum Gasteiger partial charge on any atom is 0.266 e. The predicted molar refractivity (Wildman–Crippen MR) is 171 cm³/mol. The van der Waals surface area contributed by atoms with E-state index in [0.29, 0.717) is 57.0 Å². The Hall–Kier alpha value is -2.78. The third kappa shape index (κ3) is 6.72. The molecule has 4 atom stereocenters. The lowest BCUT2D eigenvalue weighted by molar-refractivity contribution is -0.125. The highest BCUT2D eigenvalue weighted by Crippen LogP contribution is 2.49. The first-order valence-corrected chi connectivity index (χ1v) is 16.3. The summed E-state index contributed by atoms with van der Waals surface area (Å²) in [7, 11) is 3.23. The number of benzene rings is 1. The molecule has 3 fully saturated rings. The van der Waals surface area contributed by atoms with E-state index < -0.39 is 0 Å². The number of rotatable bonds is 12. The number of aryl methyl sites for hydroxylation is 1. The van der Waals surface area contributed by atoms with Crippen molar-refractivity contribution in [3.8, 4) is 22.8 Å². The fourth-order valence-electron chi connectivity index (χ4n) is 6.74. The van der Waals surface area contributed by atoms with E-state index in [4.69, 9.17) is 26.1 Å². The third-order valence-corrected chi connectivity index (χ3v) is 10.1. The van der Waals surface area contributed by atoms with Gasteiger partial charge >= 0.3 is 0 Å². The normalized spacial score (nSPS) is 23.3. The van der Waals surface area contributed by atoms with Crippen LogP contribution in [-0.4, -0.2) is 47.8 Å². The number of carbonyl (C=O) groups excluding carboxylic acids is 2. The van der Waals surface area contributed by atoms with Crippen LogP contribution in [0.1, 0.15) is 70.6 Å². The van der Waals surface area contributed by atoms with Crippen LogP contribution in [-0.2, 0) is 16.0 Å². The van der Waals surface area contributed by atoms with Gasteiger partial charge in [0.05, 0.1) is 19.1 Å². The van der Waals surface area contributed by atoms with Crippen LogP contribution in [0.2, 0.25) is 0 Å². The molecule has 7 nitrogen and oxygen atoms in total. The first-order chi connectivity index (χ1) is 20.2. The average Bonchev–Trinajstić information content (AvgIpc) is 3.75. The lowest BCUT2D eigenvalue weighted by Crippen LogP contribution is -2.41. The minimum absolute atomic E-state index is 0.0128. The molecule has 2 aliphatic carbocycles. The second-order valence-electron chi connectivity index (χ2n) is 12.3. The maximum absolute atomic E-state index is 13.6. The first kappa shape index (κ1) is 30.7. The van der Waals surface area contributed by atoms with Gasteiger partial charge in [-0.25, -0.2) is 0 Å². The van der Waals surface area contributed by atoms with Crippen LogP contribution < -0.4 is 14.8 Å². The Kier molecular flexibility index (Phi) is 9.67. The summed E-state index contributed by atoms with van der Waals surface area (Å²) >= 11 is 7.09. The van der Waals surface area contributed by atoms with Crippen LogP contribution in [0.4, 0.5) is 0 Å². The van der Waals surface area contributed by atoms with Crippen LogP contribution in [0.5, 0.6) is 11.5 Å². The average molecular weight is 611 g/mol. The standard InChI is InChI=1S/C33H42N2O5S2/c1-19(2)11-20(3)31(36)34-10-6-7-23-16-28(24-14-25(38-4)17-26(15-24)39-5)40-29(23)18-30-32(37)35(33(41)42-30)27-13-21-8-9-22(27)12-21/h14-22,27H,6-13H2,1-5H3,(H,34,36). The minimum atomic E-state index is -0.0131. The minimum Gasteiger partial charge on any atom is -0.497 e. The molecule has 1 N–H and O–H groups in total. The van der Waals surface area contributed by atoms with E-state index >= 15 is 0 Å². The Bertz CT molecular complexity index is 1340. The molecule has 226 valence electrons. The fourth-order valence-corrected chi connectivity index (χ4v) is 8.09. The van der Waals surface area contributed by atoms with E-state index in [1.165, 1.54) is 31.0 Å². The molecule has 42 heavy (non-hydrogen) atoms. The summed E-state index contributed by atoms with van der Waals surface area (Å²) in [4.78, 5) is 28.6. The number of thiocarbonyl (C=S) groups is 1. The second-order valence-corrected chi connectivity index (χ2v) is 14.0. The SMILES string of the molecule is COc1cc(OC)cc(-c2cc(CCCNC(=O)C(C)CC(C)C)c(C=C3SC(=S)N(C4CC5CCC4C5)C3=O)o2)c1. The highest BCUT2D eigenvalue weighted by Gasteiger charge is 2.48. The van der Waals surface area contributed by atoms with Crippen molar-refractivity contribution in [3.63, 3.8) is 0 Å². The zero-order chi connectivity index (χ0) is 30.0. The van der Waals surface area contributed by atoms with Crippen molar-refractivity contribution in [3.05, 3.63) is 40.5 Å². The molecule has 9 heteroatoms. The van der Waals surface area contributed by atoms with Crippen molar-refractivity contribution in [2.24, 2.45) is 23.7 Å². The van der Waals surface area contributed by atoms with Crippen molar-refractivity contribution in [2.75, 3.05) is 20.8 Å². The van der Waals surface area contributed by atoms with Gasteiger partial charge in [0.25, 0.3) is 5.91 Å². The molecule has 2 heterocycles. The Morgan fingerprint density at radius 2 is 1.88 bits per heavy atom. The molecule has 3 aliphatic rings. The Morgan fingerprint density at radius 3 is 2.50 bits per heavy atom. The van der Waals surface area contributed by atoms with Gasteiger partial charge in [0, 0.05) is 36.2 Å². The van der Waals surface area contributed by atoms with Gasteiger partial charge < -0.3 is 19.2 Å². The van der Waals surface area contributed by atoms with Crippen LogP contribution in [0.3, 0.4) is 0 Å². The van der Waals surface area contributed by atoms with Gasteiger partial charge in [0.2, 0.25) is 5.91 Å². The molecule has 1 aliphatic heterocycles. The van der Waals surface area contributed by atoms with Crippen molar-refractivity contribution in [1.29, 1.82) is 0 Å². The van der Waals surface area contributed by atoms with Crippen LogP contribution in [0, 0.1) is 23.7 Å². The van der Waals surface area contributed by atoms with Gasteiger partial charge in [-0.3, -0.25) is 14.5 Å². The number of thioether (sulfide) groups is 1. The Balaban J connectivity index is 1.37. The monoisotopic (exact) mass is 610 g/mol. The maximum atomic E-state index is 13.6. The molecule has 1 saturated heterocycles. The summed E-state index contributed by atoms with van der Waals surface area (Å²) in [6.45, 7) is 6.81.